The van der Waals surface area contributed by atoms with E-state index in [2.05, 4.69) is 5.32 Å². The van der Waals surface area contributed by atoms with E-state index < -0.39 is 23.7 Å². The fraction of sp³-hybridized carbons (Fsp3) is 0.400. The van der Waals surface area contributed by atoms with Crippen LogP contribution in [0.25, 0.3) is 0 Å². The second-order valence-electron chi connectivity index (χ2n) is 5.43. The van der Waals surface area contributed by atoms with Crippen LogP contribution in [0.4, 0.5) is 0 Å². The average molecular weight is 274 g/mol. The van der Waals surface area contributed by atoms with Gasteiger partial charge in [-0.25, -0.2) is 4.79 Å². The number of carbonyl (C=O) groups excluding carboxylic acids is 1. The van der Waals surface area contributed by atoms with Crippen LogP contribution in [0.1, 0.15) is 31.0 Å². The van der Waals surface area contributed by atoms with Crippen molar-refractivity contribution in [1.29, 1.82) is 0 Å². The summed E-state index contributed by atoms with van der Waals surface area (Å²) in [5.74, 6) is -2.42. The number of fused-ring (bicyclic) bond motifs is 1. The third-order valence-corrected chi connectivity index (χ3v) is 3.51. The lowest BCUT2D eigenvalue weighted by Crippen LogP contribution is -2.44. The third kappa shape index (κ3) is 2.14. The molecule has 1 atom stereocenters. The highest BCUT2D eigenvalue weighted by Gasteiger charge is 2.35. The van der Waals surface area contributed by atoms with E-state index >= 15 is 0 Å². The van der Waals surface area contributed by atoms with Crippen LogP contribution in [0.3, 0.4) is 0 Å². The Morgan fingerprint density at radius 3 is 2.80 bits per heavy atom. The standard InChI is InChI=1S/C15H17NO4/c1-15(2)19-13(17)11(14(18)20-15)12-10-6-4-3-5-9(10)7-8-16-12/h3-6,12,16-17H,7-8H2,1-2H3/p-1. The summed E-state index contributed by atoms with van der Waals surface area (Å²) >= 11 is 0. The smallest absolute Gasteiger partial charge is 0.339 e. The fourth-order valence-electron chi connectivity index (χ4n) is 2.66. The molecular weight excluding hydrogens is 258 g/mol. The van der Waals surface area contributed by atoms with Gasteiger partial charge < -0.3 is 19.9 Å². The molecule has 1 aromatic carbocycles. The minimum Gasteiger partial charge on any atom is -0.575 e. The Bertz CT molecular complexity index is 591. The molecule has 0 bridgehead atoms. The van der Waals surface area contributed by atoms with Crippen molar-refractivity contribution in [3.8, 4) is 0 Å². The van der Waals surface area contributed by atoms with Crippen LogP contribution < -0.4 is 10.4 Å². The van der Waals surface area contributed by atoms with Crippen molar-refractivity contribution in [2.45, 2.75) is 32.1 Å². The molecule has 2 aliphatic rings. The molecule has 0 aromatic heterocycles. The van der Waals surface area contributed by atoms with Crippen molar-refractivity contribution < 1.29 is 19.4 Å². The number of hydrogen-bond donors (Lipinski definition) is 1. The Morgan fingerprint density at radius 1 is 1.30 bits per heavy atom. The maximum atomic E-state index is 12.1. The number of benzene rings is 1. The van der Waals surface area contributed by atoms with E-state index in [4.69, 9.17) is 9.47 Å². The van der Waals surface area contributed by atoms with Crippen LogP contribution in [0.15, 0.2) is 35.8 Å². The van der Waals surface area contributed by atoms with Gasteiger partial charge in [-0.05, 0) is 31.4 Å². The molecule has 2 aliphatic heterocycles. The molecule has 1 N–H and O–H groups in total. The normalized spacial score (nSPS) is 24.7. The maximum Gasteiger partial charge on any atom is 0.339 e. The van der Waals surface area contributed by atoms with E-state index in [-0.39, 0.29) is 5.57 Å². The number of nitrogens with one attached hydrogen (secondary N) is 1. The predicted octanol–water partition coefficient (Wildman–Crippen LogP) is 0.755. The molecule has 2 heterocycles. The SMILES string of the molecule is CC1(C)OC(=O)C(C2NCCc3ccccc32)=C([O-])O1. The molecule has 106 valence electrons. The van der Waals surface area contributed by atoms with Crippen LogP contribution in [0, 0.1) is 0 Å². The van der Waals surface area contributed by atoms with E-state index in [9.17, 15) is 9.90 Å². The van der Waals surface area contributed by atoms with E-state index in [0.717, 1.165) is 17.5 Å². The topological polar surface area (TPSA) is 70.6 Å². The molecule has 0 radical (unpaired) electrons. The van der Waals surface area contributed by atoms with Gasteiger partial charge in [0.1, 0.15) is 0 Å². The van der Waals surface area contributed by atoms with Gasteiger partial charge in [-0.15, -0.1) is 0 Å². The summed E-state index contributed by atoms with van der Waals surface area (Å²) in [7, 11) is 0. The van der Waals surface area contributed by atoms with Crippen LogP contribution in [-0.4, -0.2) is 18.3 Å². The second-order valence-corrected chi connectivity index (χ2v) is 5.43. The lowest BCUT2D eigenvalue weighted by Gasteiger charge is -2.42. The highest BCUT2D eigenvalue weighted by Crippen LogP contribution is 2.34. The zero-order chi connectivity index (χ0) is 14.3. The molecule has 20 heavy (non-hydrogen) atoms. The summed E-state index contributed by atoms with van der Waals surface area (Å²) in [5.41, 5.74) is 2.09. The molecule has 3 rings (SSSR count). The van der Waals surface area contributed by atoms with Gasteiger partial charge in [-0.2, -0.15) is 0 Å². The fourth-order valence-corrected chi connectivity index (χ4v) is 2.66. The first-order chi connectivity index (χ1) is 9.48. The highest BCUT2D eigenvalue weighted by molar-refractivity contribution is 5.91. The van der Waals surface area contributed by atoms with Crippen molar-refractivity contribution in [2.24, 2.45) is 0 Å². The molecular formula is C15H16NO4-. The molecule has 5 nitrogen and oxygen atoms in total. The minimum absolute atomic E-state index is 0.0245. The Kier molecular flexibility index (Phi) is 2.94. The highest BCUT2D eigenvalue weighted by atomic mass is 16.8. The number of hydrogen-bond acceptors (Lipinski definition) is 5. The summed E-state index contributed by atoms with van der Waals surface area (Å²) in [6.45, 7) is 3.79. The van der Waals surface area contributed by atoms with Gasteiger partial charge in [0, 0.05) is 6.54 Å². The van der Waals surface area contributed by atoms with Crippen molar-refractivity contribution in [3.63, 3.8) is 0 Å². The van der Waals surface area contributed by atoms with E-state index in [1.165, 1.54) is 0 Å². The molecule has 0 saturated carbocycles. The van der Waals surface area contributed by atoms with Gasteiger partial charge >= 0.3 is 5.97 Å². The summed E-state index contributed by atoms with van der Waals surface area (Å²) in [5, 5.41) is 15.3. The van der Waals surface area contributed by atoms with Crippen molar-refractivity contribution >= 4 is 5.97 Å². The molecule has 5 heteroatoms. The summed E-state index contributed by atoms with van der Waals surface area (Å²) < 4.78 is 10.3. The lowest BCUT2D eigenvalue weighted by atomic mass is 9.89. The molecule has 1 aromatic rings. The Morgan fingerprint density at radius 2 is 2.05 bits per heavy atom. The van der Waals surface area contributed by atoms with Gasteiger partial charge in [0.2, 0.25) is 0 Å². The number of carbonyl (C=O) groups is 1. The monoisotopic (exact) mass is 274 g/mol. The summed E-state index contributed by atoms with van der Waals surface area (Å²) in [6.07, 6.45) is 0.871. The lowest BCUT2D eigenvalue weighted by molar-refractivity contribution is -0.394. The van der Waals surface area contributed by atoms with Crippen LogP contribution >= 0.6 is 0 Å². The van der Waals surface area contributed by atoms with Crippen LogP contribution in [-0.2, 0) is 20.7 Å². The van der Waals surface area contributed by atoms with Crippen LogP contribution in [0.2, 0.25) is 0 Å². The molecule has 0 amide bonds. The molecule has 1 unspecified atom stereocenters. The second kappa shape index (κ2) is 4.52. The molecule has 0 fully saturated rings. The third-order valence-electron chi connectivity index (χ3n) is 3.51. The van der Waals surface area contributed by atoms with Crippen molar-refractivity contribution in [2.75, 3.05) is 6.54 Å². The van der Waals surface area contributed by atoms with Crippen molar-refractivity contribution in [1.82, 2.24) is 5.32 Å². The minimum atomic E-state index is -1.20. The van der Waals surface area contributed by atoms with Gasteiger partial charge in [0.05, 0.1) is 17.6 Å². The summed E-state index contributed by atoms with van der Waals surface area (Å²) in [6, 6.07) is 7.30. The van der Waals surface area contributed by atoms with Gasteiger partial charge in [-0.3, -0.25) is 0 Å². The molecule has 0 spiro atoms. The largest absolute Gasteiger partial charge is 0.575 e. The van der Waals surface area contributed by atoms with Gasteiger partial charge in [-0.1, -0.05) is 24.3 Å². The first-order valence-electron chi connectivity index (χ1n) is 6.63. The zero-order valence-electron chi connectivity index (χ0n) is 11.4. The maximum absolute atomic E-state index is 12.1. The zero-order valence-corrected chi connectivity index (χ0v) is 11.4. The first kappa shape index (κ1) is 13.0. The number of cyclic esters (lactones) is 1. The van der Waals surface area contributed by atoms with E-state index in [0.29, 0.717) is 6.54 Å². The number of esters is 1. The number of rotatable bonds is 1. The van der Waals surface area contributed by atoms with E-state index in [1.807, 2.05) is 24.3 Å². The predicted molar refractivity (Wildman–Crippen MR) is 69.2 cm³/mol. The first-order valence-corrected chi connectivity index (χ1v) is 6.63. The Balaban J connectivity index is 2.04. The Hall–Kier alpha value is -2.01. The van der Waals surface area contributed by atoms with E-state index in [1.54, 1.807) is 13.8 Å². The Labute approximate surface area is 117 Å². The van der Waals surface area contributed by atoms with Crippen molar-refractivity contribution in [3.05, 3.63) is 46.9 Å². The number of ether oxygens (including phenoxy) is 2. The summed E-state index contributed by atoms with van der Waals surface area (Å²) in [4.78, 5) is 12.1. The van der Waals surface area contributed by atoms with Crippen LogP contribution in [0.5, 0.6) is 0 Å². The quantitative estimate of drug-likeness (QED) is 0.765. The molecule has 0 saturated heterocycles. The molecule has 0 aliphatic carbocycles. The van der Waals surface area contributed by atoms with Gasteiger partial charge in [0.25, 0.3) is 0 Å². The average Bonchev–Trinajstić information content (AvgIpc) is 2.36. The van der Waals surface area contributed by atoms with Gasteiger partial charge in [0.15, 0.2) is 5.79 Å².